The minimum Gasteiger partial charge on any atom is -0.325 e. The van der Waals surface area contributed by atoms with Crippen molar-refractivity contribution in [3.63, 3.8) is 0 Å². The molecule has 4 rings (SSSR count). The number of aromatic nitrogens is 3. The summed E-state index contributed by atoms with van der Waals surface area (Å²) in [6.07, 6.45) is 2.32. The third kappa shape index (κ3) is 4.08. The first kappa shape index (κ1) is 19.0. The molecule has 1 atom stereocenters. The van der Waals surface area contributed by atoms with Gasteiger partial charge in [0.05, 0.1) is 0 Å². The average Bonchev–Trinajstić information content (AvgIpc) is 3.47. The predicted octanol–water partition coefficient (Wildman–Crippen LogP) is 5.13. The maximum Gasteiger partial charge on any atom is 0.242 e. The van der Waals surface area contributed by atoms with Gasteiger partial charge in [0, 0.05) is 23.7 Å². The van der Waals surface area contributed by atoms with Crippen molar-refractivity contribution in [3.8, 4) is 0 Å². The van der Waals surface area contributed by atoms with E-state index in [0.29, 0.717) is 16.6 Å². The van der Waals surface area contributed by atoms with Gasteiger partial charge in [0.25, 0.3) is 0 Å². The molecule has 1 aromatic heterocycles. The highest BCUT2D eigenvalue weighted by Crippen LogP contribution is 2.41. The number of amides is 1. The summed E-state index contributed by atoms with van der Waals surface area (Å²) >= 11 is 7.62. The van der Waals surface area contributed by atoms with E-state index in [4.69, 9.17) is 11.6 Å². The smallest absolute Gasteiger partial charge is 0.242 e. The second kappa shape index (κ2) is 7.97. The van der Waals surface area contributed by atoms with Crippen molar-refractivity contribution in [1.29, 1.82) is 0 Å². The number of hydrogen-bond acceptors (Lipinski definition) is 4. The molecule has 3 aromatic rings. The lowest BCUT2D eigenvalue weighted by molar-refractivity contribution is -0.115. The van der Waals surface area contributed by atoms with Gasteiger partial charge < -0.3 is 9.88 Å². The first-order valence-corrected chi connectivity index (χ1v) is 10.5. The van der Waals surface area contributed by atoms with Crippen LogP contribution in [0.15, 0.2) is 53.7 Å². The maximum absolute atomic E-state index is 13.1. The zero-order valence-corrected chi connectivity index (χ0v) is 17.3. The van der Waals surface area contributed by atoms with Crippen LogP contribution in [0, 0.1) is 6.92 Å². The first-order valence-electron chi connectivity index (χ1n) is 9.21. The van der Waals surface area contributed by atoms with E-state index in [1.807, 2.05) is 61.0 Å². The Kier molecular flexibility index (Phi) is 5.42. The molecule has 28 heavy (non-hydrogen) atoms. The van der Waals surface area contributed by atoms with Crippen molar-refractivity contribution in [2.45, 2.75) is 36.1 Å². The molecular weight excluding hydrogens is 392 g/mol. The average molecular weight is 413 g/mol. The molecule has 0 aliphatic heterocycles. The highest BCUT2D eigenvalue weighted by Gasteiger charge is 2.31. The van der Waals surface area contributed by atoms with Gasteiger partial charge in [-0.1, -0.05) is 59.8 Å². The Bertz CT molecular complexity index is 1000. The molecular formula is C21H21ClN4OS. The van der Waals surface area contributed by atoms with Crippen LogP contribution in [0.5, 0.6) is 0 Å². The number of thioether (sulfide) groups is 1. The summed E-state index contributed by atoms with van der Waals surface area (Å²) in [7, 11) is 1.97. The molecule has 1 fully saturated rings. The van der Waals surface area contributed by atoms with Crippen LogP contribution < -0.4 is 5.32 Å². The van der Waals surface area contributed by atoms with Crippen LogP contribution in [0.3, 0.4) is 0 Å². The minimum absolute atomic E-state index is 0.118. The third-order valence-electron chi connectivity index (χ3n) is 4.81. The normalized spacial score (nSPS) is 14.7. The quantitative estimate of drug-likeness (QED) is 0.570. The number of aryl methyl sites for hydroxylation is 1. The number of halogens is 1. The van der Waals surface area contributed by atoms with Gasteiger partial charge in [0.15, 0.2) is 5.16 Å². The molecule has 0 saturated heterocycles. The van der Waals surface area contributed by atoms with E-state index in [-0.39, 0.29) is 5.91 Å². The molecule has 2 aromatic carbocycles. The molecule has 0 spiro atoms. The number of carbonyl (C=O) groups is 1. The van der Waals surface area contributed by atoms with Gasteiger partial charge in [0.2, 0.25) is 5.91 Å². The lowest BCUT2D eigenvalue weighted by Gasteiger charge is -2.17. The van der Waals surface area contributed by atoms with Crippen LogP contribution >= 0.6 is 23.4 Å². The van der Waals surface area contributed by atoms with Crippen molar-refractivity contribution in [2.75, 3.05) is 5.32 Å². The highest BCUT2D eigenvalue weighted by molar-refractivity contribution is 8.00. The Morgan fingerprint density at radius 1 is 1.21 bits per heavy atom. The van der Waals surface area contributed by atoms with Crippen LogP contribution in [-0.4, -0.2) is 20.7 Å². The summed E-state index contributed by atoms with van der Waals surface area (Å²) in [4.78, 5) is 13.1. The Balaban J connectivity index is 1.60. The summed E-state index contributed by atoms with van der Waals surface area (Å²) < 4.78 is 2.01. The van der Waals surface area contributed by atoms with Crippen molar-refractivity contribution in [2.24, 2.45) is 7.05 Å². The number of nitrogens with zero attached hydrogens (tertiary/aromatic N) is 3. The second-order valence-electron chi connectivity index (χ2n) is 7.04. The Hall–Kier alpha value is -2.31. The standard InChI is InChI=1S/C21H21ClN4OS/c1-13-8-11-16(12-17(13)22)23-20(27)18(14-6-4-3-5-7-14)28-21-25-24-19(26(21)2)15-9-10-15/h3-8,11-12,15,18H,9-10H2,1-2H3,(H,23,27). The highest BCUT2D eigenvalue weighted by atomic mass is 35.5. The first-order chi connectivity index (χ1) is 13.5. The van der Waals surface area contributed by atoms with Gasteiger partial charge in [-0.25, -0.2) is 0 Å². The molecule has 1 N–H and O–H groups in total. The van der Waals surface area contributed by atoms with Gasteiger partial charge in [-0.15, -0.1) is 10.2 Å². The fraction of sp³-hybridized carbons (Fsp3) is 0.286. The third-order valence-corrected chi connectivity index (χ3v) is 6.51. The molecule has 7 heteroatoms. The molecule has 1 aliphatic rings. The molecule has 5 nitrogen and oxygen atoms in total. The maximum atomic E-state index is 13.1. The van der Waals surface area contributed by atoms with Crippen LogP contribution in [0.25, 0.3) is 0 Å². The minimum atomic E-state index is -0.448. The second-order valence-corrected chi connectivity index (χ2v) is 8.52. The van der Waals surface area contributed by atoms with Gasteiger partial charge >= 0.3 is 0 Å². The monoisotopic (exact) mass is 412 g/mol. The number of nitrogens with one attached hydrogen (secondary N) is 1. The van der Waals surface area contributed by atoms with Crippen LogP contribution in [-0.2, 0) is 11.8 Å². The number of carbonyl (C=O) groups excluding carboxylic acids is 1. The van der Waals surface area contributed by atoms with E-state index in [0.717, 1.165) is 34.9 Å². The van der Waals surface area contributed by atoms with E-state index >= 15 is 0 Å². The molecule has 1 heterocycles. The molecule has 1 aliphatic carbocycles. The largest absolute Gasteiger partial charge is 0.325 e. The summed E-state index contributed by atoms with van der Waals surface area (Å²) in [5.41, 5.74) is 2.57. The van der Waals surface area contributed by atoms with Gasteiger partial charge in [-0.05, 0) is 43.0 Å². The zero-order chi connectivity index (χ0) is 19.7. The van der Waals surface area contributed by atoms with E-state index in [1.165, 1.54) is 11.8 Å². The number of rotatable bonds is 6. The molecule has 0 radical (unpaired) electrons. The van der Waals surface area contributed by atoms with Gasteiger partial charge in [0.1, 0.15) is 11.1 Å². The predicted molar refractivity (Wildman–Crippen MR) is 113 cm³/mol. The summed E-state index contributed by atoms with van der Waals surface area (Å²) in [5.74, 6) is 1.39. The van der Waals surface area contributed by atoms with Crippen molar-refractivity contribution >= 4 is 35.0 Å². The number of anilines is 1. The van der Waals surface area contributed by atoms with Crippen molar-refractivity contribution < 1.29 is 4.79 Å². The Morgan fingerprint density at radius 3 is 2.64 bits per heavy atom. The fourth-order valence-electron chi connectivity index (χ4n) is 3.01. The Morgan fingerprint density at radius 2 is 1.96 bits per heavy atom. The zero-order valence-electron chi connectivity index (χ0n) is 15.7. The molecule has 1 amide bonds. The van der Waals surface area contributed by atoms with Crippen LogP contribution in [0.2, 0.25) is 5.02 Å². The lowest BCUT2D eigenvalue weighted by atomic mass is 10.1. The lowest BCUT2D eigenvalue weighted by Crippen LogP contribution is -2.19. The SMILES string of the molecule is Cc1ccc(NC(=O)C(Sc2nnc(C3CC3)n2C)c2ccccc2)cc1Cl. The van der Waals surface area contributed by atoms with Crippen LogP contribution in [0.1, 0.15) is 41.0 Å². The molecule has 1 saturated carbocycles. The Labute approximate surface area is 173 Å². The van der Waals surface area contributed by atoms with E-state index in [9.17, 15) is 4.79 Å². The summed E-state index contributed by atoms with van der Waals surface area (Å²) in [6, 6.07) is 15.3. The van der Waals surface area contributed by atoms with Gasteiger partial charge in [-0.2, -0.15) is 0 Å². The molecule has 144 valence electrons. The number of hydrogen-bond donors (Lipinski definition) is 1. The molecule has 1 unspecified atom stereocenters. The molecule has 0 bridgehead atoms. The van der Waals surface area contributed by atoms with Crippen molar-refractivity contribution in [1.82, 2.24) is 14.8 Å². The van der Waals surface area contributed by atoms with E-state index in [2.05, 4.69) is 15.5 Å². The summed E-state index contributed by atoms with van der Waals surface area (Å²) in [6.45, 7) is 1.93. The number of benzene rings is 2. The summed E-state index contributed by atoms with van der Waals surface area (Å²) in [5, 5.41) is 12.6. The topological polar surface area (TPSA) is 59.8 Å². The van der Waals surface area contributed by atoms with Gasteiger partial charge in [-0.3, -0.25) is 4.79 Å². The van der Waals surface area contributed by atoms with E-state index in [1.54, 1.807) is 6.07 Å². The van der Waals surface area contributed by atoms with Crippen LogP contribution in [0.4, 0.5) is 5.69 Å². The van der Waals surface area contributed by atoms with E-state index < -0.39 is 5.25 Å². The van der Waals surface area contributed by atoms with Crippen molar-refractivity contribution in [3.05, 3.63) is 70.5 Å². The fourth-order valence-corrected chi connectivity index (χ4v) is 4.20.